The zero-order chi connectivity index (χ0) is 36.4. The van der Waals surface area contributed by atoms with Crippen LogP contribution in [0.15, 0.2) is 65.8 Å². The van der Waals surface area contributed by atoms with Crippen LogP contribution in [-0.4, -0.2) is 63.6 Å². The fourth-order valence-corrected chi connectivity index (χ4v) is 6.53. The number of nitrogens with zero attached hydrogens (tertiary/aromatic N) is 5. The van der Waals surface area contributed by atoms with Crippen LogP contribution in [0.1, 0.15) is 75.3 Å². The van der Waals surface area contributed by atoms with Gasteiger partial charge in [0, 0.05) is 17.2 Å². The molecule has 5 rings (SSSR count). The Morgan fingerprint density at radius 1 is 0.980 bits per heavy atom. The molecule has 4 aromatic rings. The van der Waals surface area contributed by atoms with Crippen LogP contribution in [0.25, 0.3) is 11.3 Å². The van der Waals surface area contributed by atoms with Crippen LogP contribution in [0.2, 0.25) is 0 Å². The molecule has 1 aliphatic heterocycles. The molecule has 0 unspecified atom stereocenters. The molecule has 0 saturated heterocycles. The number of sulfonamides is 1. The largest absolute Gasteiger partial charge is 0.514 e. The number of carbonyl (C=O) groups excluding carboxylic acids is 2. The van der Waals surface area contributed by atoms with E-state index in [1.807, 2.05) is 32.0 Å². The van der Waals surface area contributed by atoms with E-state index in [-0.39, 0.29) is 52.4 Å². The predicted octanol–water partition coefficient (Wildman–Crippen LogP) is 6.50. The minimum absolute atomic E-state index is 0.0118. The molecule has 1 N–H and O–H groups in total. The Hall–Kier alpha value is -5.11. The minimum Gasteiger partial charge on any atom is -0.475 e. The highest BCUT2D eigenvalue weighted by atomic mass is 32.2. The Balaban J connectivity index is 1.57. The maximum absolute atomic E-state index is 14.4. The summed E-state index contributed by atoms with van der Waals surface area (Å²) in [6, 6.07) is 12.7. The van der Waals surface area contributed by atoms with Crippen molar-refractivity contribution in [2.24, 2.45) is 5.41 Å². The van der Waals surface area contributed by atoms with Crippen molar-refractivity contribution in [2.75, 3.05) is 11.3 Å². The fourth-order valence-electron chi connectivity index (χ4n) is 5.54. The van der Waals surface area contributed by atoms with Gasteiger partial charge < -0.3 is 19.1 Å². The van der Waals surface area contributed by atoms with E-state index in [0.717, 1.165) is 16.7 Å². The van der Waals surface area contributed by atoms with Crippen molar-refractivity contribution in [3.05, 3.63) is 83.4 Å². The van der Waals surface area contributed by atoms with Gasteiger partial charge in [0.2, 0.25) is 11.8 Å². The van der Waals surface area contributed by atoms with Crippen LogP contribution < -0.4 is 14.2 Å². The number of ether oxygens (including phenoxy) is 3. The standard InChI is InChI=1S/C36H42N6O7S/c1-22-11-9-12-23(2)31(22)28-16-30-40-33(39-28)41-50(45,46)27-14-10-13-24(15-27)32(43)42(25(21-47-30)17-35(3,4)5)20-29-37-18-26(19-38-29)48-34(44)49-36(6,7)8/h9-16,18-19,25H,17,20-21H2,1-8H3,(H,39,40,41)/t25-/m1/s1. The summed E-state index contributed by atoms with van der Waals surface area (Å²) in [5.74, 6) is -0.162. The van der Waals surface area contributed by atoms with Gasteiger partial charge in [-0.15, -0.1) is 0 Å². The van der Waals surface area contributed by atoms with Gasteiger partial charge >= 0.3 is 6.16 Å². The van der Waals surface area contributed by atoms with Crippen molar-refractivity contribution in [1.29, 1.82) is 0 Å². The minimum atomic E-state index is -4.22. The van der Waals surface area contributed by atoms with E-state index in [1.165, 1.54) is 30.6 Å². The zero-order valence-electron chi connectivity index (χ0n) is 29.5. The Kier molecular flexibility index (Phi) is 10.1. The van der Waals surface area contributed by atoms with Crippen molar-refractivity contribution < 1.29 is 32.2 Å². The molecule has 0 radical (unpaired) electrons. The molecular formula is C36H42N6O7S. The van der Waals surface area contributed by atoms with Crippen molar-refractivity contribution in [2.45, 2.75) is 84.9 Å². The molecule has 2 aromatic heterocycles. The first-order valence-electron chi connectivity index (χ1n) is 16.1. The number of nitrogens with one attached hydrogen (secondary N) is 1. The Labute approximate surface area is 292 Å². The van der Waals surface area contributed by atoms with Crippen LogP contribution in [0.5, 0.6) is 11.6 Å². The number of amides is 1. The maximum atomic E-state index is 14.4. The summed E-state index contributed by atoms with van der Waals surface area (Å²) in [5, 5.41) is 0. The van der Waals surface area contributed by atoms with Gasteiger partial charge in [0.25, 0.3) is 15.9 Å². The van der Waals surface area contributed by atoms with Gasteiger partial charge in [0.15, 0.2) is 5.75 Å². The van der Waals surface area contributed by atoms with Crippen LogP contribution >= 0.6 is 0 Å². The van der Waals surface area contributed by atoms with Crippen LogP contribution in [0.3, 0.4) is 0 Å². The third kappa shape index (κ3) is 9.11. The average Bonchev–Trinajstić information content (AvgIpc) is 3.00. The highest BCUT2D eigenvalue weighted by molar-refractivity contribution is 7.92. The molecule has 50 heavy (non-hydrogen) atoms. The zero-order valence-corrected chi connectivity index (χ0v) is 30.3. The number of aryl methyl sites for hydroxylation is 2. The first-order valence-corrected chi connectivity index (χ1v) is 17.6. The number of rotatable bonds is 5. The molecule has 1 aliphatic rings. The number of carbonyl (C=O) groups is 2. The molecule has 2 aromatic carbocycles. The number of hydrogen-bond donors (Lipinski definition) is 1. The Morgan fingerprint density at radius 2 is 1.64 bits per heavy atom. The highest BCUT2D eigenvalue weighted by Crippen LogP contribution is 2.31. The van der Waals surface area contributed by atoms with E-state index < -0.39 is 33.7 Å². The second-order valence-electron chi connectivity index (χ2n) is 14.4. The van der Waals surface area contributed by atoms with E-state index in [9.17, 15) is 18.0 Å². The van der Waals surface area contributed by atoms with E-state index in [1.54, 1.807) is 37.8 Å². The first kappa shape index (κ1) is 36.2. The van der Waals surface area contributed by atoms with Crippen LogP contribution in [0.4, 0.5) is 10.7 Å². The van der Waals surface area contributed by atoms with Crippen molar-refractivity contribution in [1.82, 2.24) is 24.8 Å². The number of anilines is 1. The lowest BCUT2D eigenvalue weighted by Crippen LogP contribution is -2.45. The quantitative estimate of drug-likeness (QED) is 0.226. The topological polar surface area (TPSA) is 163 Å². The number of hydrogen-bond acceptors (Lipinski definition) is 11. The number of aromatic nitrogens is 4. The SMILES string of the molecule is Cc1cccc(C)c1-c1cc2nc(n1)NS(=O)(=O)c1cccc(c1)C(=O)N(Cc1ncc(OC(=O)OC(C)(C)C)cn1)[C@H](CC(C)(C)C)CO2. The number of fused-ring (bicyclic) bond motifs is 4. The summed E-state index contributed by atoms with van der Waals surface area (Å²) in [6.07, 6.45) is 2.24. The van der Waals surface area contributed by atoms with Crippen LogP contribution in [0, 0.1) is 19.3 Å². The predicted molar refractivity (Wildman–Crippen MR) is 186 cm³/mol. The third-order valence-electron chi connectivity index (χ3n) is 7.61. The van der Waals surface area contributed by atoms with Gasteiger partial charge in [-0.05, 0) is 75.8 Å². The molecule has 0 fully saturated rings. The third-order valence-corrected chi connectivity index (χ3v) is 8.94. The average molecular weight is 703 g/mol. The number of benzene rings is 2. The smallest absolute Gasteiger partial charge is 0.475 e. The highest BCUT2D eigenvalue weighted by Gasteiger charge is 2.32. The molecule has 0 saturated carbocycles. The van der Waals surface area contributed by atoms with E-state index >= 15 is 0 Å². The second kappa shape index (κ2) is 14.0. The van der Waals surface area contributed by atoms with Gasteiger partial charge in [-0.1, -0.05) is 45.0 Å². The summed E-state index contributed by atoms with van der Waals surface area (Å²) in [4.78, 5) is 45.7. The van der Waals surface area contributed by atoms with Gasteiger partial charge in [-0.2, -0.15) is 4.98 Å². The van der Waals surface area contributed by atoms with E-state index in [4.69, 9.17) is 14.2 Å². The monoisotopic (exact) mass is 702 g/mol. The molecule has 264 valence electrons. The lowest BCUT2D eigenvalue weighted by atomic mass is 9.87. The molecule has 0 aliphatic carbocycles. The van der Waals surface area contributed by atoms with Crippen molar-refractivity contribution >= 4 is 28.0 Å². The van der Waals surface area contributed by atoms with E-state index in [0.29, 0.717) is 12.1 Å². The summed E-state index contributed by atoms with van der Waals surface area (Å²) >= 11 is 0. The molecule has 14 heteroatoms. The van der Waals surface area contributed by atoms with Gasteiger partial charge in [0.05, 0.1) is 35.6 Å². The summed E-state index contributed by atoms with van der Waals surface area (Å²) in [6.45, 7) is 15.2. The molecule has 4 bridgehead atoms. The fraction of sp³-hybridized carbons (Fsp3) is 0.389. The lowest BCUT2D eigenvalue weighted by molar-refractivity contribution is 0.0204. The Morgan fingerprint density at radius 3 is 2.28 bits per heavy atom. The van der Waals surface area contributed by atoms with Gasteiger partial charge in [-0.3, -0.25) is 4.79 Å². The first-order chi connectivity index (χ1) is 23.4. The molecule has 3 heterocycles. The molecule has 13 nitrogen and oxygen atoms in total. The Bertz CT molecular complexity index is 1980. The van der Waals surface area contributed by atoms with Gasteiger partial charge in [0.1, 0.15) is 18.0 Å². The maximum Gasteiger partial charge on any atom is 0.514 e. The van der Waals surface area contributed by atoms with Crippen molar-refractivity contribution in [3.63, 3.8) is 0 Å². The molecule has 1 atom stereocenters. The summed E-state index contributed by atoms with van der Waals surface area (Å²) in [7, 11) is -4.22. The van der Waals surface area contributed by atoms with Gasteiger partial charge in [-0.25, -0.2) is 32.9 Å². The van der Waals surface area contributed by atoms with Crippen LogP contribution in [-0.2, 0) is 21.3 Å². The summed E-state index contributed by atoms with van der Waals surface area (Å²) < 4.78 is 46.5. The molecule has 0 spiro atoms. The normalized spacial score (nSPS) is 16.2. The van der Waals surface area contributed by atoms with E-state index in [2.05, 4.69) is 45.4 Å². The molecular weight excluding hydrogens is 660 g/mol. The lowest BCUT2D eigenvalue weighted by Gasteiger charge is -2.35. The van der Waals surface area contributed by atoms with Crippen molar-refractivity contribution in [3.8, 4) is 22.9 Å². The second-order valence-corrected chi connectivity index (χ2v) is 16.1. The summed E-state index contributed by atoms with van der Waals surface area (Å²) in [5.41, 5.74) is 2.32. The molecule has 1 amide bonds.